The van der Waals surface area contributed by atoms with Crippen LogP contribution >= 0.6 is 0 Å². The van der Waals surface area contributed by atoms with Crippen LogP contribution in [0.4, 0.5) is 87.8 Å². The summed E-state index contributed by atoms with van der Waals surface area (Å²) in [4.78, 5) is 0. The van der Waals surface area contributed by atoms with E-state index in [-0.39, 0.29) is 40.8 Å². The molecule has 0 saturated heterocycles. The van der Waals surface area contributed by atoms with Crippen molar-refractivity contribution in [2.24, 2.45) is 0 Å². The maximum atomic E-state index is 13.7. The molecule has 0 aliphatic carbocycles. The van der Waals surface area contributed by atoms with Crippen molar-refractivity contribution in [2.75, 3.05) is 0 Å². The molecule has 0 spiro atoms. The van der Waals surface area contributed by atoms with Crippen molar-refractivity contribution < 1.29 is 139 Å². The number of hydrogen-bond acceptors (Lipinski definition) is 0. The summed E-state index contributed by atoms with van der Waals surface area (Å²) in [5.74, 6) is -43.7. The summed E-state index contributed by atoms with van der Waals surface area (Å²) in [5, 5.41) is 23.0. The minimum absolute atomic E-state index is 0. The molecule has 0 rings (SSSR count). The first kappa shape index (κ1) is 61.0. The molecule has 0 unspecified atom stereocenters. The largest absolute Gasteiger partial charge is 2.00 e. The second kappa shape index (κ2) is 23.1. The summed E-state index contributed by atoms with van der Waals surface area (Å²) >= 11 is 0. The van der Waals surface area contributed by atoms with Crippen LogP contribution in [-0.4, -0.2) is 47.9 Å². The Morgan fingerprint density at radius 2 is 0.635 bits per heavy atom. The van der Waals surface area contributed by atoms with Crippen molar-refractivity contribution in [1.29, 1.82) is 0 Å². The maximum absolute atomic E-state index is 13.7. The summed E-state index contributed by atoms with van der Waals surface area (Å²) in [6.45, 7) is 13.0. The molecule has 16 radical (unpaired) electrons. The molecule has 0 amide bonds. The molecule has 0 aromatic carbocycles. The van der Waals surface area contributed by atoms with Crippen LogP contribution in [0.3, 0.4) is 0 Å². The Bertz CT molecular complexity index is 884. The van der Waals surface area contributed by atoms with E-state index in [1.807, 2.05) is 0 Å². The smallest absolute Gasteiger partial charge is 0.239 e. The molecule has 0 aromatic heterocycles. The van der Waals surface area contributed by atoms with E-state index >= 15 is 0 Å². The van der Waals surface area contributed by atoms with Gasteiger partial charge >= 0.3 is 88.7 Å². The molecular weight excluding hydrogens is 965 g/mol. The second-order valence-corrected chi connectivity index (χ2v) is 9.16. The van der Waals surface area contributed by atoms with Gasteiger partial charge in [-0.2, -0.15) is 79.0 Å². The molecule has 0 bridgehead atoms. The molecule has 0 saturated carbocycles. The fourth-order valence-electron chi connectivity index (χ4n) is 2.76. The van der Waals surface area contributed by atoms with Gasteiger partial charge in [0.25, 0.3) is 0 Å². The van der Waals surface area contributed by atoms with Crippen LogP contribution in [-0.2, 0) is 51.1 Å². The first-order valence-corrected chi connectivity index (χ1v) is 12.5. The van der Waals surface area contributed by atoms with E-state index in [0.717, 1.165) is 0 Å². The molecule has 0 aliphatic rings. The van der Waals surface area contributed by atoms with Gasteiger partial charge in [-0.05, 0) is 53.4 Å². The molecule has 0 fully saturated rings. The Labute approximate surface area is 313 Å². The van der Waals surface area contributed by atoms with Crippen molar-refractivity contribution in [2.45, 2.75) is 86.4 Å². The van der Waals surface area contributed by atoms with Gasteiger partial charge in [0.2, 0.25) is 12.3 Å². The van der Waals surface area contributed by atoms with Crippen LogP contribution in [0.25, 0.3) is 0 Å². The zero-order valence-corrected chi connectivity index (χ0v) is 28.3. The van der Waals surface area contributed by atoms with Crippen LogP contribution in [0, 0.1) is 77.2 Å². The Kier molecular flexibility index (Phi) is 27.1. The zero-order valence-electron chi connectivity index (χ0n) is 25.2. The number of alkyl halides is 18. The fourth-order valence-corrected chi connectivity index (χ4v) is 2.76. The van der Waals surface area contributed by atoms with Crippen molar-refractivity contribution in [3.05, 3.63) is 77.2 Å². The molecular formula is C26H24F20N2O2Pd2+4. The maximum Gasteiger partial charge on any atom is 2.00 e. The van der Waals surface area contributed by atoms with Gasteiger partial charge < -0.3 is 0 Å². The summed E-state index contributed by atoms with van der Waals surface area (Å²) in [6, 6.07) is -7.10. The second-order valence-electron chi connectivity index (χ2n) is 9.16. The summed E-state index contributed by atoms with van der Waals surface area (Å²) < 4.78 is 258. The van der Waals surface area contributed by atoms with E-state index in [9.17, 15) is 98.0 Å². The number of unbranched alkanes of at least 4 members (excludes halogenated alkanes) is 3. The topological polar surface area (TPSA) is 87.4 Å². The predicted molar refractivity (Wildman–Crippen MR) is 129 cm³/mol. The third-order valence-corrected chi connectivity index (χ3v) is 5.40. The molecule has 4 nitrogen and oxygen atoms in total. The molecule has 0 heterocycles. The number of halogens is 20. The van der Waals surface area contributed by atoms with Crippen molar-refractivity contribution >= 4 is 0 Å². The van der Waals surface area contributed by atoms with Gasteiger partial charge in [-0.1, -0.05) is 25.7 Å². The average Bonchev–Trinajstić information content (AvgIpc) is 2.96. The first-order valence-electron chi connectivity index (χ1n) is 12.5. The van der Waals surface area contributed by atoms with Gasteiger partial charge in [0.05, 0.1) is 0 Å². The quantitative estimate of drug-likeness (QED) is 0.0790. The molecule has 52 heavy (non-hydrogen) atoms. The van der Waals surface area contributed by atoms with Crippen LogP contribution in [0.2, 0.25) is 0 Å². The Morgan fingerprint density at radius 1 is 0.442 bits per heavy atom. The third-order valence-electron chi connectivity index (χ3n) is 5.40. The Balaban J connectivity index is -0.000000855. The standard InChI is InChI=1S/C20H14F20N2O2.2C3H5.2Pd/c21-9(11(41)13(23,24)15(27,28)17(31,32)19(35,36)37)7(43)5-3-1-2-4-6-8(44)10(22)12(42)14(25,26)16(29,30)18(33,34)20(38,39)40;2*1-3-2;;/h41-42H,1-6H2;2*3H,1-2H2;;/q;;;2*+2. The number of nitrogens with one attached hydrogen (secondary N) is 2. The van der Waals surface area contributed by atoms with Gasteiger partial charge in [0.15, 0.2) is 24.3 Å². The van der Waals surface area contributed by atoms with Crippen molar-refractivity contribution in [1.82, 2.24) is 11.5 Å². The minimum atomic E-state index is -7.50. The first-order chi connectivity index (χ1) is 22.0. The summed E-state index contributed by atoms with van der Waals surface area (Å²) in [7, 11) is 0. The van der Waals surface area contributed by atoms with Crippen molar-refractivity contribution in [3.8, 4) is 0 Å². The molecule has 0 atom stereocenters. The number of hydrogen-bond donors (Lipinski definition) is 0. The molecule has 0 aromatic rings. The van der Waals surface area contributed by atoms with Crippen molar-refractivity contribution in [3.63, 3.8) is 0 Å². The zero-order chi connectivity index (χ0) is 41.1. The van der Waals surface area contributed by atoms with E-state index in [2.05, 4.69) is 27.7 Å². The Hall–Kier alpha value is -0.235. The molecule has 26 heteroatoms. The van der Waals surface area contributed by atoms with Crippen LogP contribution < -0.4 is 11.5 Å². The minimum Gasteiger partial charge on any atom is -0.239 e. The fraction of sp³-hybridized carbons (Fsp3) is 0.538. The van der Waals surface area contributed by atoms with Gasteiger partial charge in [0.1, 0.15) is 0 Å². The molecule has 306 valence electrons. The molecule has 0 aliphatic heterocycles. The summed E-state index contributed by atoms with van der Waals surface area (Å²) in [6.07, 6.45) is -27.7. The van der Waals surface area contributed by atoms with E-state index in [0.29, 0.717) is 0 Å². The van der Waals surface area contributed by atoms with Crippen LogP contribution in [0.1, 0.15) is 38.5 Å². The third kappa shape index (κ3) is 14.4. The van der Waals surface area contributed by atoms with Gasteiger partial charge in [-0.15, -0.1) is 0 Å². The average molecular weight is 989 g/mol. The SMILES string of the molecule is [CH2][CH][CH2].[CH2][CH][CH2].[NH][C]([C](F)[C]([O])CCCCCC[C]([O])[C](F)[C]([NH])C(F)(F)C(F)(F)C(F)(F)C(F)(F)F)C(F)(F)C(F)(F)C(F)(F)C(F)(F)F.[Pd+2].[Pd+2]. The monoisotopic (exact) mass is 988 g/mol. The van der Waals surface area contributed by atoms with E-state index in [4.69, 9.17) is 11.5 Å². The number of rotatable bonds is 17. The van der Waals surface area contributed by atoms with E-state index in [1.165, 1.54) is 12.8 Å². The van der Waals surface area contributed by atoms with E-state index in [1.54, 1.807) is 0 Å². The van der Waals surface area contributed by atoms with Gasteiger partial charge in [0, 0.05) is 0 Å². The predicted octanol–water partition coefficient (Wildman–Crippen LogP) is 10.5. The van der Waals surface area contributed by atoms with E-state index < -0.39 is 123 Å². The Morgan fingerprint density at radius 3 is 0.808 bits per heavy atom. The van der Waals surface area contributed by atoms with Gasteiger partial charge in [-0.25, -0.2) is 30.5 Å². The van der Waals surface area contributed by atoms with Crippen LogP contribution in [0.15, 0.2) is 0 Å². The molecule has 2 N–H and O–H groups in total. The van der Waals surface area contributed by atoms with Gasteiger partial charge in [-0.3, -0.25) is 0 Å². The normalized spacial score (nSPS) is 14.0. The van der Waals surface area contributed by atoms with Crippen LogP contribution in [0.5, 0.6) is 0 Å². The summed E-state index contributed by atoms with van der Waals surface area (Å²) in [5.41, 5.74) is 13.1.